The second kappa shape index (κ2) is 15.0. The highest BCUT2D eigenvalue weighted by molar-refractivity contribution is 5.97. The summed E-state index contributed by atoms with van der Waals surface area (Å²) in [5.74, 6) is -1.52. The van der Waals surface area contributed by atoms with Crippen LogP contribution in [0, 0.1) is 5.92 Å². The fraction of sp³-hybridized carbons (Fsp3) is 0.433. The first-order chi connectivity index (χ1) is 17.9. The van der Waals surface area contributed by atoms with Crippen LogP contribution in [-0.2, 0) is 22.6 Å². The molecule has 0 spiro atoms. The zero-order valence-corrected chi connectivity index (χ0v) is 21.4. The van der Waals surface area contributed by atoms with Crippen LogP contribution < -0.4 is 5.32 Å². The van der Waals surface area contributed by atoms with Crippen molar-refractivity contribution < 1.29 is 24.6 Å². The predicted octanol–water partition coefficient (Wildman–Crippen LogP) is 5.41. The Morgan fingerprint density at radius 3 is 2.30 bits per heavy atom. The summed E-state index contributed by atoms with van der Waals surface area (Å²) in [5.41, 5.74) is 4.84. The summed E-state index contributed by atoms with van der Waals surface area (Å²) in [6, 6.07) is 17.1. The molecule has 1 fully saturated rings. The van der Waals surface area contributed by atoms with Gasteiger partial charge in [0.25, 0.3) is 0 Å². The number of benzene rings is 2. The minimum atomic E-state index is -1.26. The Kier molecular flexibility index (Phi) is 11.4. The number of anilines is 1. The van der Waals surface area contributed by atoms with Gasteiger partial charge in [0.2, 0.25) is 0 Å². The molecule has 2 heterocycles. The van der Waals surface area contributed by atoms with Crippen LogP contribution in [0.5, 0.6) is 0 Å². The average Bonchev–Trinajstić information content (AvgIpc) is 2.88. The van der Waals surface area contributed by atoms with Gasteiger partial charge < -0.3 is 15.5 Å². The van der Waals surface area contributed by atoms with E-state index in [1.807, 2.05) is 6.07 Å². The molecule has 0 bridgehead atoms. The smallest absolute Gasteiger partial charge is 0.328 e. The Hall–Kier alpha value is -3.45. The van der Waals surface area contributed by atoms with Crippen molar-refractivity contribution >= 4 is 23.4 Å². The van der Waals surface area contributed by atoms with E-state index in [1.165, 1.54) is 48.9 Å². The van der Waals surface area contributed by atoms with Crippen LogP contribution in [0.25, 0.3) is 0 Å². The molecule has 7 nitrogen and oxygen atoms in total. The van der Waals surface area contributed by atoms with Gasteiger partial charge in [0, 0.05) is 42.9 Å². The fourth-order valence-corrected chi connectivity index (χ4v) is 4.87. The Bertz CT molecular complexity index is 1040. The number of nitrogens with zero attached hydrogens (tertiary/aromatic N) is 1. The molecule has 0 unspecified atom stereocenters. The van der Waals surface area contributed by atoms with Crippen LogP contribution >= 0.6 is 0 Å². The fourth-order valence-electron chi connectivity index (χ4n) is 4.87. The number of Topliss-reactive ketones (excluding diaryl/α,β-unsaturated/α-hetero) is 1. The number of aliphatic carboxylic acids is 2. The summed E-state index contributed by atoms with van der Waals surface area (Å²) in [6.07, 6.45) is 10.1. The monoisotopic (exact) mass is 506 g/mol. The topological polar surface area (TPSA) is 107 Å². The Balaban J connectivity index is 0.000000414. The van der Waals surface area contributed by atoms with E-state index >= 15 is 0 Å². The van der Waals surface area contributed by atoms with Gasteiger partial charge in [-0.1, -0.05) is 48.9 Å². The molecule has 0 saturated carbocycles. The Morgan fingerprint density at radius 2 is 1.62 bits per heavy atom. The van der Waals surface area contributed by atoms with Gasteiger partial charge in [-0.3, -0.25) is 9.69 Å². The van der Waals surface area contributed by atoms with Gasteiger partial charge >= 0.3 is 11.9 Å². The quantitative estimate of drug-likeness (QED) is 0.324. The van der Waals surface area contributed by atoms with Gasteiger partial charge in [-0.15, -0.1) is 0 Å². The summed E-state index contributed by atoms with van der Waals surface area (Å²) in [4.78, 5) is 34.5. The van der Waals surface area contributed by atoms with Crippen molar-refractivity contribution in [2.24, 2.45) is 5.92 Å². The number of carboxylic acid groups (broad SMARTS) is 2. The largest absolute Gasteiger partial charge is 0.478 e. The molecular formula is C30H38N2O5. The second-order valence-electron chi connectivity index (χ2n) is 9.79. The Labute approximate surface area is 219 Å². The number of rotatable bonds is 8. The molecule has 0 amide bonds. The molecule has 2 aliphatic rings. The van der Waals surface area contributed by atoms with Crippen molar-refractivity contribution in [3.63, 3.8) is 0 Å². The van der Waals surface area contributed by atoms with Crippen molar-refractivity contribution in [1.29, 1.82) is 0 Å². The van der Waals surface area contributed by atoms with E-state index in [0.717, 1.165) is 44.6 Å². The van der Waals surface area contributed by atoms with Gasteiger partial charge in [-0.25, -0.2) is 9.59 Å². The molecule has 7 heteroatoms. The van der Waals surface area contributed by atoms with E-state index in [9.17, 15) is 14.4 Å². The van der Waals surface area contributed by atoms with Crippen LogP contribution in [0.4, 0.5) is 5.69 Å². The molecule has 2 aliphatic heterocycles. The van der Waals surface area contributed by atoms with E-state index in [2.05, 4.69) is 52.7 Å². The predicted molar refractivity (Wildman–Crippen MR) is 145 cm³/mol. The minimum absolute atomic E-state index is 0.309. The van der Waals surface area contributed by atoms with Gasteiger partial charge in [0.1, 0.15) is 0 Å². The third kappa shape index (κ3) is 10.2. The summed E-state index contributed by atoms with van der Waals surface area (Å²) in [7, 11) is 0. The molecule has 37 heavy (non-hydrogen) atoms. The lowest BCUT2D eigenvalue weighted by atomic mass is 9.90. The molecule has 4 rings (SSSR count). The summed E-state index contributed by atoms with van der Waals surface area (Å²) in [6.45, 7) is 4.37. The standard InChI is InChI=1S/C26H34N2O.C4H4O4/c29-26(24-12-11-23-9-5-2-6-16-27-25(23)19-24)13-10-21-14-17-28(18-15-21)20-22-7-3-1-4-8-22;5-3(6)1-2-4(7)8/h1,3-4,7-8,11-12,19,21,27H,2,5-6,9-10,13-18,20H2;1-2H,(H,5,6)(H,7,8). The number of hydrogen-bond donors (Lipinski definition) is 3. The number of carbonyl (C=O) groups excluding carboxylic acids is 1. The van der Waals surface area contributed by atoms with Crippen LogP contribution in [0.1, 0.15) is 66.4 Å². The first kappa shape index (κ1) is 28.1. The van der Waals surface area contributed by atoms with Crippen molar-refractivity contribution in [3.05, 3.63) is 77.4 Å². The number of ketones is 1. The zero-order valence-electron chi connectivity index (χ0n) is 21.4. The number of likely N-dealkylation sites (tertiary alicyclic amines) is 1. The van der Waals surface area contributed by atoms with Gasteiger partial charge in [0.15, 0.2) is 5.78 Å². The van der Waals surface area contributed by atoms with Gasteiger partial charge in [0.05, 0.1) is 0 Å². The number of carbonyl (C=O) groups is 3. The van der Waals surface area contributed by atoms with Crippen molar-refractivity contribution in [2.75, 3.05) is 25.0 Å². The Morgan fingerprint density at radius 1 is 0.919 bits per heavy atom. The van der Waals surface area contributed by atoms with Crippen molar-refractivity contribution in [3.8, 4) is 0 Å². The highest BCUT2D eigenvalue weighted by Gasteiger charge is 2.20. The molecule has 0 radical (unpaired) electrons. The minimum Gasteiger partial charge on any atom is -0.478 e. The molecular weight excluding hydrogens is 468 g/mol. The molecule has 2 aromatic carbocycles. The summed E-state index contributed by atoms with van der Waals surface area (Å²) in [5, 5.41) is 19.2. The third-order valence-electron chi connectivity index (χ3n) is 6.97. The summed E-state index contributed by atoms with van der Waals surface area (Å²) >= 11 is 0. The molecule has 2 aromatic rings. The van der Waals surface area contributed by atoms with Crippen LogP contribution in [-0.4, -0.2) is 52.5 Å². The molecule has 198 valence electrons. The lowest BCUT2D eigenvalue weighted by Gasteiger charge is -2.32. The lowest BCUT2D eigenvalue weighted by molar-refractivity contribution is -0.134. The summed E-state index contributed by atoms with van der Waals surface area (Å²) < 4.78 is 0. The molecule has 3 N–H and O–H groups in total. The third-order valence-corrected chi connectivity index (χ3v) is 6.97. The van der Waals surface area contributed by atoms with Crippen molar-refractivity contribution in [2.45, 2.75) is 57.9 Å². The first-order valence-electron chi connectivity index (χ1n) is 13.2. The molecule has 1 saturated heterocycles. The number of carboxylic acids is 2. The normalized spacial score (nSPS) is 16.4. The van der Waals surface area contributed by atoms with Gasteiger partial charge in [-0.05, 0) is 74.7 Å². The van der Waals surface area contributed by atoms with Crippen LogP contribution in [0.2, 0.25) is 0 Å². The number of aryl methyl sites for hydroxylation is 1. The van der Waals surface area contributed by atoms with E-state index in [1.54, 1.807) is 0 Å². The highest BCUT2D eigenvalue weighted by Crippen LogP contribution is 2.26. The maximum Gasteiger partial charge on any atom is 0.328 e. The van der Waals surface area contributed by atoms with Crippen LogP contribution in [0.3, 0.4) is 0 Å². The van der Waals surface area contributed by atoms with Crippen molar-refractivity contribution in [1.82, 2.24) is 4.90 Å². The highest BCUT2D eigenvalue weighted by atomic mass is 16.4. The first-order valence-corrected chi connectivity index (χ1v) is 13.2. The number of fused-ring (bicyclic) bond motifs is 1. The SMILES string of the molecule is O=C(CCC1CCN(Cc2ccccc2)CC1)c1ccc2c(c1)NCCCCC2.O=C(O)C=CC(=O)O. The second-order valence-corrected chi connectivity index (χ2v) is 9.79. The molecule has 0 aliphatic carbocycles. The van der Waals surface area contributed by atoms with E-state index in [4.69, 9.17) is 10.2 Å². The number of piperidine rings is 1. The maximum atomic E-state index is 12.8. The van der Waals surface area contributed by atoms with E-state index < -0.39 is 11.9 Å². The maximum absolute atomic E-state index is 12.8. The van der Waals surface area contributed by atoms with Crippen LogP contribution in [0.15, 0.2) is 60.7 Å². The van der Waals surface area contributed by atoms with E-state index in [0.29, 0.717) is 30.3 Å². The number of nitrogens with one attached hydrogen (secondary N) is 1. The molecule has 0 aromatic heterocycles. The van der Waals surface area contributed by atoms with E-state index in [-0.39, 0.29) is 0 Å². The lowest BCUT2D eigenvalue weighted by Crippen LogP contribution is -2.33. The number of hydrogen-bond acceptors (Lipinski definition) is 5. The molecule has 0 atom stereocenters. The van der Waals surface area contributed by atoms with Gasteiger partial charge in [-0.2, -0.15) is 0 Å². The zero-order chi connectivity index (χ0) is 26.5. The average molecular weight is 507 g/mol.